The molecule has 0 unspecified atom stereocenters. The van der Waals surface area contributed by atoms with Crippen molar-refractivity contribution in [3.63, 3.8) is 0 Å². The third-order valence-electron chi connectivity index (χ3n) is 4.93. The van der Waals surface area contributed by atoms with Crippen molar-refractivity contribution in [2.75, 3.05) is 5.32 Å². The minimum Gasteiger partial charge on any atom is -0.365 e. The van der Waals surface area contributed by atoms with E-state index in [1.54, 1.807) is 31.0 Å². The van der Waals surface area contributed by atoms with Crippen LogP contribution in [0.2, 0.25) is 0 Å². The first-order valence-corrected chi connectivity index (χ1v) is 11.6. The maximum absolute atomic E-state index is 13.7. The number of hydrogen-bond acceptors (Lipinski definition) is 6. The van der Waals surface area contributed by atoms with Gasteiger partial charge in [0.15, 0.2) is 5.69 Å². The molecule has 0 aliphatic heterocycles. The average molecular weight is 585 g/mol. The van der Waals surface area contributed by atoms with Gasteiger partial charge in [-0.05, 0) is 48.1 Å². The predicted molar refractivity (Wildman–Crippen MR) is 129 cm³/mol. The Morgan fingerprint density at radius 2 is 2.00 bits per heavy atom. The number of nitrogens with two attached hydrogens (primary N) is 1. The number of fused-ring (bicyclic) bond motifs is 1. The van der Waals surface area contributed by atoms with Gasteiger partial charge in [-0.2, -0.15) is 10.2 Å². The van der Waals surface area contributed by atoms with Crippen LogP contribution in [0, 0.1) is 10.5 Å². The standard InChI is InChI=1S/C20H18F2IN7O2S/c1-4-30-6-10(8(2)27-30)9-5-12(17(21)22)25-20-13(9)15(16(33-20)18(24)31)26-19(32)14-11(23)7-29(3)28-14/h5-7,17H,4H2,1-3H3,(H2,24,31)(H,26,32). The summed E-state index contributed by atoms with van der Waals surface area (Å²) in [6.45, 7) is 4.24. The van der Waals surface area contributed by atoms with Crippen LogP contribution in [0.25, 0.3) is 21.3 Å². The second-order valence-corrected chi connectivity index (χ2v) is 9.34. The van der Waals surface area contributed by atoms with Crippen molar-refractivity contribution in [1.82, 2.24) is 24.5 Å². The SMILES string of the molecule is CCn1cc(-c2cc(C(F)F)nc3sc(C(N)=O)c(NC(=O)c4nn(C)cc4I)c23)c(C)n1. The predicted octanol–water partition coefficient (Wildman–Crippen LogP) is 4.12. The number of alkyl halides is 2. The molecule has 0 atom stereocenters. The Bertz CT molecular complexity index is 1410. The fourth-order valence-electron chi connectivity index (χ4n) is 3.46. The van der Waals surface area contributed by atoms with E-state index in [0.29, 0.717) is 32.3 Å². The molecule has 0 aliphatic rings. The topological polar surface area (TPSA) is 121 Å². The first kappa shape index (κ1) is 23.2. The lowest BCUT2D eigenvalue weighted by Gasteiger charge is -2.10. The Hall–Kier alpha value is -2.94. The van der Waals surface area contributed by atoms with Crippen molar-refractivity contribution in [1.29, 1.82) is 0 Å². The van der Waals surface area contributed by atoms with Gasteiger partial charge in [0, 0.05) is 36.9 Å². The number of pyridine rings is 1. The minimum absolute atomic E-state index is 0.00462. The summed E-state index contributed by atoms with van der Waals surface area (Å²) in [5.41, 5.74) is 6.96. The molecule has 4 heterocycles. The number of anilines is 1. The zero-order chi connectivity index (χ0) is 24.0. The van der Waals surface area contributed by atoms with Crippen LogP contribution in [0.4, 0.5) is 14.5 Å². The summed E-state index contributed by atoms with van der Waals surface area (Å²) in [5.74, 6) is -1.37. The number of thiophene rings is 1. The minimum atomic E-state index is -2.83. The van der Waals surface area contributed by atoms with E-state index < -0.39 is 23.9 Å². The highest BCUT2D eigenvalue weighted by Gasteiger charge is 2.27. The van der Waals surface area contributed by atoms with E-state index in [1.165, 1.54) is 10.7 Å². The second-order valence-electron chi connectivity index (χ2n) is 7.18. The molecule has 4 rings (SSSR count). The largest absolute Gasteiger partial charge is 0.365 e. The molecule has 4 aromatic heterocycles. The molecule has 3 N–H and O–H groups in total. The monoisotopic (exact) mass is 585 g/mol. The Morgan fingerprint density at radius 1 is 1.27 bits per heavy atom. The van der Waals surface area contributed by atoms with Crippen LogP contribution in [0.3, 0.4) is 0 Å². The van der Waals surface area contributed by atoms with E-state index in [9.17, 15) is 18.4 Å². The summed E-state index contributed by atoms with van der Waals surface area (Å²) in [6.07, 6.45) is 0.566. The van der Waals surface area contributed by atoms with E-state index in [4.69, 9.17) is 5.73 Å². The smallest absolute Gasteiger partial charge is 0.280 e. The van der Waals surface area contributed by atoms with Gasteiger partial charge < -0.3 is 11.1 Å². The van der Waals surface area contributed by atoms with Crippen LogP contribution in [0.5, 0.6) is 0 Å². The average Bonchev–Trinajstić information content (AvgIpc) is 3.41. The number of carbonyl (C=O) groups is 2. The first-order valence-electron chi connectivity index (χ1n) is 9.71. The van der Waals surface area contributed by atoms with E-state index in [0.717, 1.165) is 11.3 Å². The van der Waals surface area contributed by atoms with Gasteiger partial charge in [-0.3, -0.25) is 19.0 Å². The van der Waals surface area contributed by atoms with Crippen molar-refractivity contribution in [3.05, 3.63) is 44.0 Å². The van der Waals surface area contributed by atoms with Gasteiger partial charge in [0.1, 0.15) is 15.4 Å². The lowest BCUT2D eigenvalue weighted by atomic mass is 10.0. The van der Waals surface area contributed by atoms with Crippen molar-refractivity contribution in [2.24, 2.45) is 12.8 Å². The molecule has 0 bridgehead atoms. The third kappa shape index (κ3) is 4.21. The van der Waals surface area contributed by atoms with Crippen LogP contribution < -0.4 is 11.1 Å². The van der Waals surface area contributed by atoms with Crippen molar-refractivity contribution in [3.8, 4) is 11.1 Å². The maximum Gasteiger partial charge on any atom is 0.280 e. The molecule has 33 heavy (non-hydrogen) atoms. The molecule has 0 aliphatic carbocycles. The second kappa shape index (κ2) is 8.78. The quantitative estimate of drug-likeness (QED) is 0.330. The summed E-state index contributed by atoms with van der Waals surface area (Å²) in [5, 5.41) is 11.6. The number of primary amides is 1. The van der Waals surface area contributed by atoms with Gasteiger partial charge in [0.05, 0.1) is 15.0 Å². The number of nitrogens with zero attached hydrogens (tertiary/aromatic N) is 5. The van der Waals surface area contributed by atoms with E-state index in [1.807, 2.05) is 29.5 Å². The zero-order valence-corrected chi connectivity index (χ0v) is 20.7. The maximum atomic E-state index is 13.7. The number of carbonyl (C=O) groups excluding carboxylic acids is 2. The Morgan fingerprint density at radius 3 is 2.55 bits per heavy atom. The van der Waals surface area contributed by atoms with Gasteiger partial charge in [-0.25, -0.2) is 13.8 Å². The highest BCUT2D eigenvalue weighted by Crippen LogP contribution is 2.43. The number of nitrogens with one attached hydrogen (secondary N) is 1. The Labute approximate surface area is 204 Å². The molecule has 0 fully saturated rings. The highest BCUT2D eigenvalue weighted by molar-refractivity contribution is 14.1. The Kier molecular flexibility index (Phi) is 6.18. The summed E-state index contributed by atoms with van der Waals surface area (Å²) >= 11 is 2.83. The number of aryl methyl sites for hydroxylation is 3. The molecule has 0 radical (unpaired) electrons. The number of rotatable bonds is 6. The fourth-order valence-corrected chi connectivity index (χ4v) is 5.23. The molecule has 13 heteroatoms. The normalized spacial score (nSPS) is 11.5. The molecule has 0 saturated carbocycles. The summed E-state index contributed by atoms with van der Waals surface area (Å²) in [6, 6.07) is 1.26. The van der Waals surface area contributed by atoms with Crippen LogP contribution in [0.1, 0.15) is 44.9 Å². The lowest BCUT2D eigenvalue weighted by molar-refractivity contribution is 0.100. The molecular weight excluding hydrogens is 567 g/mol. The summed E-state index contributed by atoms with van der Waals surface area (Å²) in [7, 11) is 1.68. The van der Waals surface area contributed by atoms with Gasteiger partial charge in [-0.15, -0.1) is 11.3 Å². The number of aromatic nitrogens is 5. The van der Waals surface area contributed by atoms with Crippen molar-refractivity contribution in [2.45, 2.75) is 26.8 Å². The molecule has 0 spiro atoms. The number of hydrogen-bond donors (Lipinski definition) is 2. The molecule has 0 aromatic carbocycles. The molecular formula is C20H18F2IN7O2S. The van der Waals surface area contributed by atoms with Crippen LogP contribution >= 0.6 is 33.9 Å². The van der Waals surface area contributed by atoms with Crippen molar-refractivity contribution >= 4 is 61.6 Å². The van der Waals surface area contributed by atoms with Gasteiger partial charge >= 0.3 is 0 Å². The molecule has 0 saturated heterocycles. The summed E-state index contributed by atoms with van der Waals surface area (Å²) < 4.78 is 31.1. The lowest BCUT2D eigenvalue weighted by Crippen LogP contribution is -2.18. The fraction of sp³-hybridized carbons (Fsp3) is 0.250. The summed E-state index contributed by atoms with van der Waals surface area (Å²) in [4.78, 5) is 29.4. The zero-order valence-electron chi connectivity index (χ0n) is 17.7. The number of halogens is 3. The van der Waals surface area contributed by atoms with Gasteiger partial charge in [-0.1, -0.05) is 0 Å². The van der Waals surface area contributed by atoms with Crippen LogP contribution in [0.15, 0.2) is 18.5 Å². The van der Waals surface area contributed by atoms with Crippen LogP contribution in [-0.4, -0.2) is 36.4 Å². The third-order valence-corrected chi connectivity index (χ3v) is 6.82. The highest BCUT2D eigenvalue weighted by atomic mass is 127. The number of amides is 2. The molecule has 4 aromatic rings. The molecule has 9 nitrogen and oxygen atoms in total. The van der Waals surface area contributed by atoms with Crippen molar-refractivity contribution < 1.29 is 18.4 Å². The van der Waals surface area contributed by atoms with E-state index >= 15 is 0 Å². The molecule has 2 amide bonds. The Balaban J connectivity index is 1.99. The van der Waals surface area contributed by atoms with Gasteiger partial charge in [0.25, 0.3) is 18.2 Å². The first-order chi connectivity index (χ1) is 15.6. The van der Waals surface area contributed by atoms with E-state index in [2.05, 4.69) is 20.5 Å². The van der Waals surface area contributed by atoms with E-state index in [-0.39, 0.29) is 21.1 Å². The van der Waals surface area contributed by atoms with Gasteiger partial charge in [0.2, 0.25) is 0 Å². The van der Waals surface area contributed by atoms with Crippen LogP contribution in [-0.2, 0) is 13.6 Å². The molecule has 172 valence electrons.